The molecule has 0 aliphatic heterocycles. The Morgan fingerprint density at radius 2 is 2.18 bits per heavy atom. The molecule has 0 amide bonds. The molecule has 1 aromatic rings. The normalized spacial score (nSPS) is 12.5. The average molecular weight is 317 g/mol. The van der Waals surface area contributed by atoms with Crippen molar-refractivity contribution < 1.29 is 0 Å². The van der Waals surface area contributed by atoms with Gasteiger partial charge in [-0.15, -0.1) is 0 Å². The Morgan fingerprint density at radius 3 is 2.76 bits per heavy atom. The second-order valence-corrected chi connectivity index (χ2v) is 6.13. The number of halogens is 1. The van der Waals surface area contributed by atoms with Gasteiger partial charge in [0.15, 0.2) is 0 Å². The first kappa shape index (κ1) is 14.9. The number of aryl methyl sites for hydroxylation is 1. The number of nitrogens with two attached hydrogens (primary N) is 1. The van der Waals surface area contributed by atoms with E-state index in [9.17, 15) is 0 Å². The lowest BCUT2D eigenvalue weighted by Gasteiger charge is -2.18. The lowest BCUT2D eigenvalue weighted by molar-refractivity contribution is 0.652. The lowest BCUT2D eigenvalue weighted by atomic mass is 10.1. The van der Waals surface area contributed by atoms with Gasteiger partial charge in [-0.25, -0.2) is 0 Å². The van der Waals surface area contributed by atoms with Gasteiger partial charge in [-0.1, -0.05) is 15.9 Å². The van der Waals surface area contributed by atoms with Crippen LogP contribution in [0.15, 0.2) is 22.7 Å². The van der Waals surface area contributed by atoms with E-state index in [0.29, 0.717) is 12.6 Å². The summed E-state index contributed by atoms with van der Waals surface area (Å²) < 4.78 is 1.11. The maximum atomic E-state index is 5.80. The molecule has 0 radical (unpaired) electrons. The summed E-state index contributed by atoms with van der Waals surface area (Å²) in [4.78, 5) is 0. The zero-order valence-electron chi connectivity index (χ0n) is 10.5. The van der Waals surface area contributed by atoms with Gasteiger partial charge in [0, 0.05) is 22.7 Å². The molecule has 0 spiro atoms. The molecule has 0 saturated carbocycles. The van der Waals surface area contributed by atoms with Crippen LogP contribution >= 0.6 is 27.7 Å². The highest BCUT2D eigenvalue weighted by Crippen LogP contribution is 2.20. The monoisotopic (exact) mass is 316 g/mol. The van der Waals surface area contributed by atoms with E-state index in [-0.39, 0.29) is 0 Å². The molecular formula is C13H21BrN2S. The van der Waals surface area contributed by atoms with Crippen molar-refractivity contribution in [3.05, 3.63) is 28.2 Å². The van der Waals surface area contributed by atoms with Gasteiger partial charge < -0.3 is 11.1 Å². The first-order valence-corrected chi connectivity index (χ1v) is 8.07. The topological polar surface area (TPSA) is 38.0 Å². The first-order chi connectivity index (χ1) is 8.15. The van der Waals surface area contributed by atoms with E-state index >= 15 is 0 Å². The minimum atomic E-state index is 0.371. The molecule has 0 bridgehead atoms. The molecule has 1 rings (SSSR count). The average Bonchev–Trinajstić information content (AvgIpc) is 2.26. The Labute approximate surface area is 117 Å². The van der Waals surface area contributed by atoms with E-state index in [1.54, 1.807) is 0 Å². The van der Waals surface area contributed by atoms with Crippen molar-refractivity contribution in [2.45, 2.75) is 25.8 Å². The summed E-state index contributed by atoms with van der Waals surface area (Å²) in [6.45, 7) is 2.78. The summed E-state index contributed by atoms with van der Waals surface area (Å²) in [6, 6.07) is 6.73. The zero-order chi connectivity index (χ0) is 12.7. The van der Waals surface area contributed by atoms with Gasteiger partial charge in [0.05, 0.1) is 0 Å². The molecule has 0 fully saturated rings. The Balaban J connectivity index is 2.54. The van der Waals surface area contributed by atoms with E-state index in [1.165, 1.54) is 17.7 Å². The molecule has 4 heteroatoms. The third-order valence-electron chi connectivity index (χ3n) is 2.60. The molecule has 2 nitrogen and oxygen atoms in total. The standard InChI is InChI=1S/C13H21BrN2S/c1-10-6-11(14)8-13(7-10)16-12(9-15)4-3-5-17-2/h6-8,12,16H,3-5,9,15H2,1-2H3. The molecule has 1 aromatic carbocycles. The van der Waals surface area contributed by atoms with Crippen LogP contribution in [0.25, 0.3) is 0 Å². The van der Waals surface area contributed by atoms with Crippen molar-refractivity contribution in [3.8, 4) is 0 Å². The predicted molar refractivity (Wildman–Crippen MR) is 83.0 cm³/mol. The first-order valence-electron chi connectivity index (χ1n) is 5.88. The molecule has 0 heterocycles. The van der Waals surface area contributed by atoms with Crippen molar-refractivity contribution in [1.82, 2.24) is 0 Å². The van der Waals surface area contributed by atoms with E-state index < -0.39 is 0 Å². The third kappa shape index (κ3) is 5.80. The third-order valence-corrected chi connectivity index (χ3v) is 3.75. The second kappa shape index (κ2) is 8.01. The van der Waals surface area contributed by atoms with Crippen molar-refractivity contribution in [2.24, 2.45) is 5.73 Å². The Hall–Kier alpha value is -0.190. The van der Waals surface area contributed by atoms with Crippen LogP contribution in [0.2, 0.25) is 0 Å². The second-order valence-electron chi connectivity index (χ2n) is 4.23. The highest BCUT2D eigenvalue weighted by atomic mass is 79.9. The fraction of sp³-hybridized carbons (Fsp3) is 0.538. The molecule has 17 heavy (non-hydrogen) atoms. The Kier molecular flexibility index (Phi) is 7.00. The van der Waals surface area contributed by atoms with Crippen LogP contribution < -0.4 is 11.1 Å². The smallest absolute Gasteiger partial charge is 0.0384 e. The number of anilines is 1. The number of nitrogens with one attached hydrogen (secondary N) is 1. The Morgan fingerprint density at radius 1 is 1.41 bits per heavy atom. The van der Waals surface area contributed by atoms with Crippen LogP contribution in [-0.2, 0) is 0 Å². The van der Waals surface area contributed by atoms with Crippen molar-refractivity contribution in [1.29, 1.82) is 0 Å². The van der Waals surface area contributed by atoms with Gasteiger partial charge in [-0.3, -0.25) is 0 Å². The highest BCUT2D eigenvalue weighted by Gasteiger charge is 2.06. The number of thioether (sulfide) groups is 1. The predicted octanol–water partition coefficient (Wildman–Crippen LogP) is 3.64. The van der Waals surface area contributed by atoms with Crippen LogP contribution in [0.3, 0.4) is 0 Å². The molecule has 0 saturated heterocycles. The molecule has 1 unspecified atom stereocenters. The fourth-order valence-electron chi connectivity index (χ4n) is 1.78. The van der Waals surface area contributed by atoms with Gasteiger partial charge >= 0.3 is 0 Å². The minimum Gasteiger partial charge on any atom is -0.381 e. The molecule has 96 valence electrons. The summed E-state index contributed by atoms with van der Waals surface area (Å²) in [5.41, 5.74) is 8.20. The largest absolute Gasteiger partial charge is 0.381 e. The van der Waals surface area contributed by atoms with Crippen LogP contribution in [0, 0.1) is 6.92 Å². The van der Waals surface area contributed by atoms with Crippen LogP contribution in [0.5, 0.6) is 0 Å². The minimum absolute atomic E-state index is 0.371. The summed E-state index contributed by atoms with van der Waals surface area (Å²) in [7, 11) is 0. The molecule has 0 aliphatic rings. The van der Waals surface area contributed by atoms with E-state index in [1.807, 2.05) is 11.8 Å². The molecule has 1 atom stereocenters. The number of benzene rings is 1. The molecule has 0 aromatic heterocycles. The number of hydrogen-bond donors (Lipinski definition) is 2. The summed E-state index contributed by atoms with van der Waals surface area (Å²) in [5.74, 6) is 1.20. The fourth-order valence-corrected chi connectivity index (χ4v) is 2.84. The maximum absolute atomic E-state index is 5.80. The van der Waals surface area contributed by atoms with Gasteiger partial charge in [0.1, 0.15) is 0 Å². The number of hydrogen-bond acceptors (Lipinski definition) is 3. The van der Waals surface area contributed by atoms with Gasteiger partial charge in [-0.2, -0.15) is 11.8 Å². The maximum Gasteiger partial charge on any atom is 0.0384 e. The highest BCUT2D eigenvalue weighted by molar-refractivity contribution is 9.10. The summed E-state index contributed by atoms with van der Waals surface area (Å²) in [5, 5.41) is 3.50. The van der Waals surface area contributed by atoms with Crippen LogP contribution in [0.4, 0.5) is 5.69 Å². The van der Waals surface area contributed by atoms with Crippen molar-refractivity contribution in [3.63, 3.8) is 0 Å². The van der Waals surface area contributed by atoms with E-state index in [4.69, 9.17) is 5.73 Å². The molecule has 3 N–H and O–H groups in total. The lowest BCUT2D eigenvalue weighted by Crippen LogP contribution is -2.28. The van der Waals surface area contributed by atoms with Gasteiger partial charge in [0.25, 0.3) is 0 Å². The summed E-state index contributed by atoms with van der Waals surface area (Å²) >= 11 is 5.40. The van der Waals surface area contributed by atoms with E-state index in [2.05, 4.69) is 52.6 Å². The SMILES string of the molecule is CSCCCC(CN)Nc1cc(C)cc(Br)c1. The van der Waals surface area contributed by atoms with Gasteiger partial charge in [-0.05, 0) is 55.5 Å². The number of rotatable bonds is 7. The Bertz CT molecular complexity index is 324. The van der Waals surface area contributed by atoms with Crippen molar-refractivity contribution in [2.75, 3.05) is 23.9 Å². The van der Waals surface area contributed by atoms with E-state index in [0.717, 1.165) is 16.6 Å². The quantitative estimate of drug-likeness (QED) is 0.754. The van der Waals surface area contributed by atoms with Crippen molar-refractivity contribution >= 4 is 33.4 Å². The van der Waals surface area contributed by atoms with Crippen LogP contribution in [0.1, 0.15) is 18.4 Å². The molecule has 0 aliphatic carbocycles. The van der Waals surface area contributed by atoms with Gasteiger partial charge in [0.2, 0.25) is 0 Å². The summed E-state index contributed by atoms with van der Waals surface area (Å²) in [6.07, 6.45) is 4.48. The van der Waals surface area contributed by atoms with Crippen LogP contribution in [-0.4, -0.2) is 24.6 Å². The molecular weight excluding hydrogens is 296 g/mol. The zero-order valence-corrected chi connectivity index (χ0v) is 12.9.